The lowest BCUT2D eigenvalue weighted by Gasteiger charge is -2.24. The smallest absolute Gasteiger partial charge is 0.416 e. The van der Waals surface area contributed by atoms with Crippen molar-refractivity contribution in [2.75, 3.05) is 5.32 Å². The summed E-state index contributed by atoms with van der Waals surface area (Å²) in [5.41, 5.74) is -4.09. The molecule has 0 aliphatic rings. The number of carbonyl (C=O) groups excluding carboxylic acids is 3. The number of carboxylic acid groups (broad SMARTS) is 1. The molecule has 0 heterocycles. The number of rotatable bonds is 8. The molecular formula is C26H16ClF6NO7. The maximum absolute atomic E-state index is 13.1. The lowest BCUT2D eigenvalue weighted by molar-refractivity contribution is -0.157. The van der Waals surface area contributed by atoms with Crippen LogP contribution < -0.4 is 5.32 Å². The molecule has 0 saturated heterocycles. The molecule has 2 atom stereocenters. The molecule has 0 spiro atoms. The minimum atomic E-state index is -4.87. The van der Waals surface area contributed by atoms with Gasteiger partial charge in [0, 0.05) is 10.7 Å². The Morgan fingerprint density at radius 1 is 0.707 bits per heavy atom. The second-order valence-corrected chi connectivity index (χ2v) is 8.58. The highest BCUT2D eigenvalue weighted by Gasteiger charge is 2.42. The summed E-state index contributed by atoms with van der Waals surface area (Å²) in [4.78, 5) is 50.4. The quantitative estimate of drug-likeness (QED) is 0.245. The summed E-state index contributed by atoms with van der Waals surface area (Å²) in [6.07, 6.45) is -14.9. The molecule has 41 heavy (non-hydrogen) atoms. The van der Waals surface area contributed by atoms with Gasteiger partial charge in [-0.1, -0.05) is 29.8 Å². The van der Waals surface area contributed by atoms with Crippen molar-refractivity contribution in [3.8, 4) is 0 Å². The molecule has 0 aromatic heterocycles. The predicted octanol–water partition coefficient (Wildman–Crippen LogP) is 5.85. The van der Waals surface area contributed by atoms with Crippen LogP contribution in [0.1, 0.15) is 31.8 Å². The number of anilines is 1. The molecule has 0 aliphatic carbocycles. The third-order valence-corrected chi connectivity index (χ3v) is 5.42. The lowest BCUT2D eigenvalue weighted by atomic mass is 10.1. The van der Waals surface area contributed by atoms with E-state index in [1.165, 1.54) is 24.3 Å². The van der Waals surface area contributed by atoms with Crippen LogP contribution in [0.2, 0.25) is 5.02 Å². The Morgan fingerprint density at radius 2 is 1.17 bits per heavy atom. The molecule has 3 aromatic carbocycles. The van der Waals surface area contributed by atoms with Crippen molar-refractivity contribution in [2.24, 2.45) is 0 Å². The van der Waals surface area contributed by atoms with Gasteiger partial charge in [0.15, 0.2) is 0 Å². The van der Waals surface area contributed by atoms with Gasteiger partial charge in [-0.05, 0) is 54.6 Å². The number of esters is 2. The molecule has 3 aromatic rings. The van der Waals surface area contributed by atoms with Crippen LogP contribution in [-0.2, 0) is 31.4 Å². The Bertz CT molecular complexity index is 1470. The number of carbonyl (C=O) groups is 4. The van der Waals surface area contributed by atoms with Crippen molar-refractivity contribution in [1.82, 2.24) is 0 Å². The summed E-state index contributed by atoms with van der Waals surface area (Å²) in [6.45, 7) is 0. The van der Waals surface area contributed by atoms with Gasteiger partial charge in [0.05, 0.1) is 22.3 Å². The first-order valence-corrected chi connectivity index (χ1v) is 11.5. The monoisotopic (exact) mass is 603 g/mol. The van der Waals surface area contributed by atoms with E-state index in [1.807, 2.05) is 0 Å². The van der Waals surface area contributed by atoms with Gasteiger partial charge in [-0.2, -0.15) is 26.3 Å². The number of benzene rings is 3. The molecule has 8 nitrogen and oxygen atoms in total. The van der Waals surface area contributed by atoms with Crippen LogP contribution in [0.25, 0.3) is 0 Å². The fraction of sp³-hybridized carbons (Fsp3) is 0.154. The van der Waals surface area contributed by atoms with Crippen molar-refractivity contribution in [2.45, 2.75) is 24.6 Å². The topological polar surface area (TPSA) is 119 Å². The molecule has 0 fully saturated rings. The Hall–Kier alpha value is -4.59. The Kier molecular flexibility index (Phi) is 9.28. The van der Waals surface area contributed by atoms with Crippen LogP contribution in [0.15, 0.2) is 72.8 Å². The van der Waals surface area contributed by atoms with Crippen molar-refractivity contribution >= 4 is 41.1 Å². The number of hydrogen-bond acceptors (Lipinski definition) is 6. The minimum Gasteiger partial charge on any atom is -0.478 e. The Labute approximate surface area is 231 Å². The van der Waals surface area contributed by atoms with Gasteiger partial charge >= 0.3 is 30.3 Å². The van der Waals surface area contributed by atoms with E-state index in [0.29, 0.717) is 24.3 Å². The molecule has 0 radical (unpaired) electrons. The van der Waals surface area contributed by atoms with E-state index in [4.69, 9.17) is 21.1 Å². The van der Waals surface area contributed by atoms with E-state index in [-0.39, 0.29) is 10.7 Å². The Morgan fingerprint density at radius 3 is 1.61 bits per heavy atom. The number of alkyl halides is 6. The molecule has 2 N–H and O–H groups in total. The first-order valence-electron chi connectivity index (χ1n) is 11.1. The van der Waals surface area contributed by atoms with Gasteiger partial charge in [0.1, 0.15) is 0 Å². The predicted molar refractivity (Wildman–Crippen MR) is 129 cm³/mol. The second-order valence-electron chi connectivity index (χ2n) is 8.15. The van der Waals surface area contributed by atoms with Gasteiger partial charge in [-0.15, -0.1) is 0 Å². The Balaban J connectivity index is 1.97. The molecule has 0 aliphatic heterocycles. The number of hydrogen-bond donors (Lipinski definition) is 2. The van der Waals surface area contributed by atoms with E-state index in [0.717, 1.165) is 24.3 Å². The molecule has 0 unspecified atom stereocenters. The largest absolute Gasteiger partial charge is 0.478 e. The normalized spacial score (nSPS) is 13.0. The standard InChI is InChI=1S/C26H16ClF6NO7/c27-17-8-3-9-18(12-17)34-21(35)19(40-23(38)13-4-1-6-15(10-13)25(28,29)30)20(22(36)37)41-24(39)14-5-2-7-16(11-14)26(31,32)33/h1-12,19-20H,(H,34,35)(H,36,37)/t19-,20-/m1/s1. The zero-order valence-electron chi connectivity index (χ0n) is 20.1. The highest BCUT2D eigenvalue weighted by atomic mass is 35.5. The van der Waals surface area contributed by atoms with Crippen LogP contribution in [0.3, 0.4) is 0 Å². The van der Waals surface area contributed by atoms with Crippen LogP contribution in [0, 0.1) is 0 Å². The summed E-state index contributed by atoms with van der Waals surface area (Å²) in [7, 11) is 0. The fourth-order valence-corrected chi connectivity index (χ4v) is 3.48. The van der Waals surface area contributed by atoms with Gasteiger partial charge in [-0.25, -0.2) is 14.4 Å². The zero-order valence-corrected chi connectivity index (χ0v) is 20.9. The fourth-order valence-electron chi connectivity index (χ4n) is 3.29. The summed E-state index contributed by atoms with van der Waals surface area (Å²) < 4.78 is 88.2. The summed E-state index contributed by atoms with van der Waals surface area (Å²) in [5, 5.41) is 12.0. The minimum absolute atomic E-state index is 0.0454. The number of amides is 1. The summed E-state index contributed by atoms with van der Waals surface area (Å²) in [5.74, 6) is -6.74. The number of halogens is 7. The molecule has 216 valence electrons. The number of nitrogens with one attached hydrogen (secondary N) is 1. The molecular weight excluding hydrogens is 588 g/mol. The van der Waals surface area contributed by atoms with Crippen LogP contribution in [0.5, 0.6) is 0 Å². The highest BCUT2D eigenvalue weighted by Crippen LogP contribution is 2.31. The van der Waals surface area contributed by atoms with Crippen molar-refractivity contribution in [3.05, 3.63) is 100 Å². The molecule has 0 saturated carbocycles. The molecule has 15 heteroatoms. The SMILES string of the molecule is O=C(O[C@@H](C(=O)O)[C@@H](OC(=O)c1cccc(C(F)(F)F)c1)C(=O)Nc1cccc(Cl)c1)c1cccc(C(F)(F)F)c1. The van der Waals surface area contributed by atoms with Crippen LogP contribution >= 0.6 is 11.6 Å². The maximum atomic E-state index is 13.1. The molecule has 1 amide bonds. The highest BCUT2D eigenvalue weighted by molar-refractivity contribution is 6.30. The van der Waals surface area contributed by atoms with Gasteiger partial charge in [-0.3, -0.25) is 4.79 Å². The average molecular weight is 604 g/mol. The van der Waals surface area contributed by atoms with E-state index < -0.39 is 70.6 Å². The van der Waals surface area contributed by atoms with Gasteiger partial charge in [0.2, 0.25) is 12.2 Å². The van der Waals surface area contributed by atoms with Gasteiger partial charge in [0.25, 0.3) is 5.91 Å². The van der Waals surface area contributed by atoms with E-state index in [1.54, 1.807) is 0 Å². The summed E-state index contributed by atoms with van der Waals surface area (Å²) >= 11 is 5.85. The van der Waals surface area contributed by atoms with E-state index in [2.05, 4.69) is 5.32 Å². The van der Waals surface area contributed by atoms with Crippen molar-refractivity contribution in [3.63, 3.8) is 0 Å². The van der Waals surface area contributed by atoms with Crippen molar-refractivity contribution < 1.29 is 60.1 Å². The lowest BCUT2D eigenvalue weighted by Crippen LogP contribution is -2.48. The molecule has 3 rings (SSSR count). The van der Waals surface area contributed by atoms with Crippen molar-refractivity contribution in [1.29, 1.82) is 0 Å². The van der Waals surface area contributed by atoms with Crippen LogP contribution in [0.4, 0.5) is 32.0 Å². The number of ether oxygens (including phenoxy) is 2. The second kappa shape index (κ2) is 12.3. The van der Waals surface area contributed by atoms with E-state index in [9.17, 15) is 50.6 Å². The summed E-state index contributed by atoms with van der Waals surface area (Å²) in [6, 6.07) is 10.7. The average Bonchev–Trinajstić information content (AvgIpc) is 2.89. The van der Waals surface area contributed by atoms with Gasteiger partial charge < -0.3 is 19.9 Å². The number of carboxylic acids is 1. The first-order chi connectivity index (χ1) is 19.1. The van der Waals surface area contributed by atoms with Crippen LogP contribution in [-0.4, -0.2) is 41.1 Å². The number of aliphatic carboxylic acids is 1. The zero-order chi connectivity index (χ0) is 30.5. The molecule has 0 bridgehead atoms. The third-order valence-electron chi connectivity index (χ3n) is 5.19. The van der Waals surface area contributed by atoms with E-state index >= 15 is 0 Å². The third kappa shape index (κ3) is 8.20. The maximum Gasteiger partial charge on any atom is 0.416 e. The first kappa shape index (κ1) is 30.9.